The van der Waals surface area contributed by atoms with Crippen molar-refractivity contribution in [2.45, 2.75) is 117 Å². The molecule has 0 heterocycles. The van der Waals surface area contributed by atoms with Crippen molar-refractivity contribution in [1.29, 1.82) is 0 Å². The summed E-state index contributed by atoms with van der Waals surface area (Å²) in [6.07, 6.45) is 11.6. The zero-order valence-electron chi connectivity index (χ0n) is 21.8. The van der Waals surface area contributed by atoms with Gasteiger partial charge in [0.15, 0.2) is 0 Å². The topological polar surface area (TPSA) is 20.2 Å². The number of rotatable bonds is 13. The molecule has 0 spiro atoms. The van der Waals surface area contributed by atoms with E-state index in [0.29, 0.717) is 5.92 Å². The minimum absolute atomic E-state index is 0.458. The van der Waals surface area contributed by atoms with E-state index in [0.717, 1.165) is 18.3 Å². The number of aliphatic hydroxyl groups is 1. The Morgan fingerprint density at radius 1 is 0.719 bits per heavy atom. The predicted molar refractivity (Wildman–Crippen MR) is 142 cm³/mol. The molecule has 0 aliphatic rings. The van der Waals surface area contributed by atoms with Gasteiger partial charge in [0.05, 0.1) is 5.60 Å². The Morgan fingerprint density at radius 2 is 1.22 bits per heavy atom. The highest BCUT2D eigenvalue weighted by Crippen LogP contribution is 2.29. The lowest BCUT2D eigenvalue weighted by Crippen LogP contribution is -2.15. The lowest BCUT2D eigenvalue weighted by molar-refractivity contribution is 0.0765. The summed E-state index contributed by atoms with van der Waals surface area (Å²) in [4.78, 5) is 0. The fraction of sp³-hybridized carbons (Fsp3) is 0.613. The van der Waals surface area contributed by atoms with Gasteiger partial charge in [-0.1, -0.05) is 120 Å². The summed E-state index contributed by atoms with van der Waals surface area (Å²) in [5.41, 5.74) is 2.57. The number of benzene rings is 2. The minimum Gasteiger partial charge on any atom is -0.390 e. The first-order valence-corrected chi connectivity index (χ1v) is 13.1. The average Bonchev–Trinajstić information content (AvgIpc) is 2.81. The molecule has 3 unspecified atom stereocenters. The van der Waals surface area contributed by atoms with Gasteiger partial charge >= 0.3 is 0 Å². The van der Waals surface area contributed by atoms with Gasteiger partial charge < -0.3 is 5.11 Å². The van der Waals surface area contributed by atoms with E-state index in [4.69, 9.17) is 5.11 Å². The van der Waals surface area contributed by atoms with Gasteiger partial charge in [0, 0.05) is 0 Å². The smallest absolute Gasteiger partial charge is 0.0589 e. The molecule has 32 heavy (non-hydrogen) atoms. The van der Waals surface area contributed by atoms with Gasteiger partial charge in [-0.3, -0.25) is 0 Å². The second-order valence-electron chi connectivity index (χ2n) is 10.1. The fourth-order valence-corrected chi connectivity index (χ4v) is 4.24. The van der Waals surface area contributed by atoms with Crippen molar-refractivity contribution in [2.24, 2.45) is 5.92 Å². The molecule has 0 aliphatic carbocycles. The van der Waals surface area contributed by atoms with Crippen molar-refractivity contribution < 1.29 is 5.11 Å². The molecule has 2 aromatic carbocycles. The zero-order valence-corrected chi connectivity index (χ0v) is 21.8. The summed E-state index contributed by atoms with van der Waals surface area (Å²) >= 11 is 0. The third-order valence-electron chi connectivity index (χ3n) is 6.93. The maximum absolute atomic E-state index is 8.83. The first-order chi connectivity index (χ1) is 15.3. The Morgan fingerprint density at radius 3 is 1.69 bits per heavy atom. The second kappa shape index (κ2) is 16.1. The minimum atomic E-state index is -0.458. The molecule has 0 saturated carbocycles. The molecule has 1 heteroatoms. The van der Waals surface area contributed by atoms with E-state index in [1.54, 1.807) is 13.8 Å². The zero-order chi connectivity index (χ0) is 23.8. The van der Waals surface area contributed by atoms with Gasteiger partial charge in [-0.25, -0.2) is 0 Å². The monoisotopic (exact) mass is 438 g/mol. The van der Waals surface area contributed by atoms with E-state index in [1.165, 1.54) is 62.5 Å². The van der Waals surface area contributed by atoms with Crippen LogP contribution in [0.1, 0.15) is 122 Å². The van der Waals surface area contributed by atoms with Crippen LogP contribution in [0.5, 0.6) is 0 Å². The van der Waals surface area contributed by atoms with Crippen molar-refractivity contribution in [3.05, 3.63) is 71.8 Å². The maximum Gasteiger partial charge on any atom is 0.0589 e. The van der Waals surface area contributed by atoms with E-state index in [9.17, 15) is 0 Å². The molecular formula is C31H50O. The molecular weight excluding hydrogens is 388 g/mol. The molecule has 0 fully saturated rings. The Balaban J connectivity index is 0.000000751. The van der Waals surface area contributed by atoms with Gasteiger partial charge in [0.2, 0.25) is 0 Å². The molecule has 1 nitrogen and oxygen atoms in total. The quantitative estimate of drug-likeness (QED) is 0.309. The average molecular weight is 439 g/mol. The largest absolute Gasteiger partial charge is 0.390 e. The fourth-order valence-electron chi connectivity index (χ4n) is 4.24. The SMILES string of the molecule is CCC(C)(C)O.CCC(CCCCCC(CC)c1ccccc1)CC(C)c1ccccc1. The number of unbranched alkanes of at least 4 members (excludes halogenated alkanes) is 2. The van der Waals surface area contributed by atoms with Crippen LogP contribution in [0.3, 0.4) is 0 Å². The summed E-state index contributed by atoms with van der Waals surface area (Å²) in [6, 6.07) is 22.1. The molecule has 0 aromatic heterocycles. The van der Waals surface area contributed by atoms with Crippen molar-refractivity contribution in [3.63, 3.8) is 0 Å². The van der Waals surface area contributed by atoms with Crippen LogP contribution in [-0.4, -0.2) is 10.7 Å². The van der Waals surface area contributed by atoms with E-state index in [1.807, 2.05) is 6.92 Å². The highest BCUT2D eigenvalue weighted by atomic mass is 16.3. The molecule has 2 rings (SSSR count). The number of hydrogen-bond donors (Lipinski definition) is 1. The molecule has 2 aromatic rings. The van der Waals surface area contributed by atoms with Crippen LogP contribution in [0.2, 0.25) is 0 Å². The van der Waals surface area contributed by atoms with E-state index in [2.05, 4.69) is 81.4 Å². The maximum atomic E-state index is 8.83. The van der Waals surface area contributed by atoms with Crippen LogP contribution < -0.4 is 0 Å². The van der Waals surface area contributed by atoms with Crippen molar-refractivity contribution in [2.75, 3.05) is 0 Å². The van der Waals surface area contributed by atoms with Crippen molar-refractivity contribution >= 4 is 0 Å². The first kappa shape index (κ1) is 28.4. The molecule has 3 atom stereocenters. The standard InChI is InChI=1S/C26H38.C5H12O/c1-4-23(21-22(3)25-17-11-7-12-18-25)15-9-6-10-16-24(5-2)26-19-13-8-14-20-26;1-4-5(2,3)6/h7-8,11-14,17-20,22-24H,4-6,9-10,15-16,21H2,1-3H3;6H,4H2,1-3H3. The van der Waals surface area contributed by atoms with E-state index in [-0.39, 0.29) is 0 Å². The second-order valence-corrected chi connectivity index (χ2v) is 10.1. The summed E-state index contributed by atoms with van der Waals surface area (Å²) < 4.78 is 0. The molecule has 1 N–H and O–H groups in total. The van der Waals surface area contributed by atoms with Gasteiger partial charge in [-0.05, 0) is 68.4 Å². The van der Waals surface area contributed by atoms with E-state index < -0.39 is 5.60 Å². The molecule has 0 aliphatic heterocycles. The molecule has 0 amide bonds. The molecule has 180 valence electrons. The first-order valence-electron chi connectivity index (χ1n) is 13.1. The normalized spacial score (nSPS) is 14.2. The Labute approximate surface area is 199 Å². The van der Waals surface area contributed by atoms with Gasteiger partial charge in [-0.15, -0.1) is 0 Å². The summed E-state index contributed by atoms with van der Waals surface area (Å²) in [7, 11) is 0. The van der Waals surface area contributed by atoms with Gasteiger partial charge in [0.1, 0.15) is 0 Å². The Hall–Kier alpha value is -1.60. The summed E-state index contributed by atoms with van der Waals surface area (Å²) in [5.74, 6) is 2.31. The van der Waals surface area contributed by atoms with Crippen molar-refractivity contribution in [1.82, 2.24) is 0 Å². The van der Waals surface area contributed by atoms with Crippen LogP contribution >= 0.6 is 0 Å². The lowest BCUT2D eigenvalue weighted by atomic mass is 9.85. The van der Waals surface area contributed by atoms with Crippen LogP contribution in [0.4, 0.5) is 0 Å². The number of hydrogen-bond acceptors (Lipinski definition) is 1. The summed E-state index contributed by atoms with van der Waals surface area (Å²) in [6.45, 7) is 12.6. The Bertz CT molecular complexity index is 671. The van der Waals surface area contributed by atoms with Crippen molar-refractivity contribution in [3.8, 4) is 0 Å². The third-order valence-corrected chi connectivity index (χ3v) is 6.93. The van der Waals surface area contributed by atoms with Gasteiger partial charge in [0.25, 0.3) is 0 Å². The van der Waals surface area contributed by atoms with Gasteiger partial charge in [-0.2, -0.15) is 0 Å². The highest BCUT2D eigenvalue weighted by Gasteiger charge is 2.13. The Kier molecular flexibility index (Phi) is 14.3. The van der Waals surface area contributed by atoms with E-state index >= 15 is 0 Å². The van der Waals surface area contributed by atoms with Crippen LogP contribution in [0.15, 0.2) is 60.7 Å². The lowest BCUT2D eigenvalue weighted by Gasteiger charge is -2.20. The summed E-state index contributed by atoms with van der Waals surface area (Å²) in [5, 5.41) is 8.83. The van der Waals surface area contributed by atoms with Crippen LogP contribution in [-0.2, 0) is 0 Å². The third kappa shape index (κ3) is 12.4. The van der Waals surface area contributed by atoms with Crippen LogP contribution in [0, 0.1) is 5.92 Å². The molecule has 0 radical (unpaired) electrons. The molecule has 0 saturated heterocycles. The molecule has 0 bridgehead atoms. The predicted octanol–water partition coefficient (Wildman–Crippen LogP) is 9.52. The van der Waals surface area contributed by atoms with Crippen LogP contribution in [0.25, 0.3) is 0 Å². The highest BCUT2D eigenvalue weighted by molar-refractivity contribution is 5.19.